The second kappa shape index (κ2) is 16.3. The van der Waals surface area contributed by atoms with Gasteiger partial charge in [-0.15, -0.1) is 0 Å². The summed E-state index contributed by atoms with van der Waals surface area (Å²) in [5.41, 5.74) is 3.93. The number of carbonyl (C=O) groups excluding carboxylic acids is 5. The zero-order valence-electron chi connectivity index (χ0n) is 28.2. The van der Waals surface area contributed by atoms with Crippen LogP contribution >= 0.6 is 24.0 Å². The minimum absolute atomic E-state index is 0.0487. The lowest BCUT2D eigenvalue weighted by Gasteiger charge is -2.32. The lowest BCUT2D eigenvalue weighted by atomic mass is 9.98. The van der Waals surface area contributed by atoms with Crippen molar-refractivity contribution >= 4 is 69.5 Å². The Labute approximate surface area is 305 Å². The fraction of sp³-hybridized carbons (Fsp3) is 0.154. The van der Waals surface area contributed by atoms with Crippen LogP contribution in [-0.2, 0) is 24.0 Å². The van der Waals surface area contributed by atoms with E-state index in [-0.39, 0.29) is 21.9 Å². The number of amidine groups is 1. The molecule has 12 heteroatoms. The smallest absolute Gasteiger partial charge is 0.284 e. The number of aryl methyl sites for hydroxylation is 2. The Morgan fingerprint density at radius 1 is 1.00 bits per heavy atom. The number of nitrogens with one attached hydrogen (secondary N) is 2. The van der Waals surface area contributed by atoms with Gasteiger partial charge in [0.25, 0.3) is 11.8 Å². The van der Waals surface area contributed by atoms with Gasteiger partial charge in [0.2, 0.25) is 17.7 Å². The maximum absolute atomic E-state index is 14.1. The maximum atomic E-state index is 14.1. The molecule has 0 spiro atoms. The van der Waals surface area contributed by atoms with E-state index in [1.54, 1.807) is 37.3 Å². The molecule has 5 rings (SSSR count). The average Bonchev–Trinajstić information content (AvgIpc) is 3.12. The van der Waals surface area contributed by atoms with Crippen LogP contribution in [0.4, 0.5) is 5.69 Å². The van der Waals surface area contributed by atoms with Gasteiger partial charge in [0.05, 0.1) is 17.5 Å². The first-order valence-corrected chi connectivity index (χ1v) is 17.4. The summed E-state index contributed by atoms with van der Waals surface area (Å²) in [5, 5.41) is 5.40. The highest BCUT2D eigenvalue weighted by Gasteiger charge is 2.42. The predicted molar refractivity (Wildman–Crippen MR) is 203 cm³/mol. The number of carbonyl (C=O) groups is 5. The molecule has 2 heterocycles. The van der Waals surface area contributed by atoms with Crippen LogP contribution in [-0.4, -0.2) is 50.5 Å². The molecule has 51 heavy (non-hydrogen) atoms. The minimum Gasteiger partial charge on any atom is -0.344 e. The van der Waals surface area contributed by atoms with Crippen molar-refractivity contribution in [2.24, 2.45) is 10.9 Å². The van der Waals surface area contributed by atoms with Crippen molar-refractivity contribution in [1.29, 1.82) is 0 Å². The van der Waals surface area contributed by atoms with Gasteiger partial charge in [-0.05, 0) is 79.5 Å². The zero-order chi connectivity index (χ0) is 36.7. The number of amides is 5. The van der Waals surface area contributed by atoms with Crippen LogP contribution in [0.25, 0.3) is 0 Å². The van der Waals surface area contributed by atoms with Crippen molar-refractivity contribution in [2.45, 2.75) is 26.8 Å². The number of allylic oxidation sites excluding steroid dienone is 4. The maximum Gasteiger partial charge on any atom is 0.284 e. The van der Waals surface area contributed by atoms with Gasteiger partial charge in [-0.2, -0.15) is 4.99 Å². The predicted octanol–water partition coefficient (Wildman–Crippen LogP) is 5.60. The second-order valence-corrected chi connectivity index (χ2v) is 12.9. The van der Waals surface area contributed by atoms with Crippen LogP contribution in [0.5, 0.6) is 0 Å². The molecule has 3 aromatic rings. The van der Waals surface area contributed by atoms with E-state index in [0.717, 1.165) is 40.1 Å². The van der Waals surface area contributed by atoms with E-state index in [4.69, 9.17) is 12.2 Å². The van der Waals surface area contributed by atoms with Gasteiger partial charge in [-0.1, -0.05) is 103 Å². The van der Waals surface area contributed by atoms with Crippen molar-refractivity contribution in [3.63, 3.8) is 0 Å². The fourth-order valence-corrected chi connectivity index (χ4v) is 6.53. The third-order valence-electron chi connectivity index (χ3n) is 8.20. The summed E-state index contributed by atoms with van der Waals surface area (Å²) in [6.07, 6.45) is 7.36. The van der Waals surface area contributed by atoms with Crippen molar-refractivity contribution in [1.82, 2.24) is 15.5 Å². The van der Waals surface area contributed by atoms with Crippen molar-refractivity contribution in [3.05, 3.63) is 149 Å². The highest BCUT2D eigenvalue weighted by atomic mass is 32.2. The van der Waals surface area contributed by atoms with Crippen LogP contribution in [0.15, 0.2) is 132 Å². The number of anilines is 1. The van der Waals surface area contributed by atoms with E-state index >= 15 is 0 Å². The van der Waals surface area contributed by atoms with Crippen LogP contribution in [0.3, 0.4) is 0 Å². The molecule has 0 saturated carbocycles. The van der Waals surface area contributed by atoms with E-state index in [1.807, 2.05) is 80.6 Å². The molecule has 1 fully saturated rings. The summed E-state index contributed by atoms with van der Waals surface area (Å²) in [6, 6.07) is 23.8. The number of nitrogens with zero attached hydrogens (tertiary/aromatic N) is 3. The molecule has 3 aromatic carbocycles. The number of benzene rings is 3. The Kier molecular flexibility index (Phi) is 11.7. The van der Waals surface area contributed by atoms with E-state index in [0.29, 0.717) is 11.4 Å². The van der Waals surface area contributed by atoms with Crippen molar-refractivity contribution in [2.75, 3.05) is 10.7 Å². The van der Waals surface area contributed by atoms with E-state index in [1.165, 1.54) is 15.9 Å². The molecule has 2 N–H and O–H groups in total. The van der Waals surface area contributed by atoms with Crippen LogP contribution in [0.2, 0.25) is 0 Å². The first kappa shape index (κ1) is 36.6. The number of rotatable bonds is 10. The molecular formula is C39H35N5O5S2. The molecule has 0 aliphatic carbocycles. The molecule has 2 aliphatic heterocycles. The molecule has 5 amide bonds. The van der Waals surface area contributed by atoms with Gasteiger partial charge in [0.1, 0.15) is 11.5 Å². The Morgan fingerprint density at radius 2 is 1.65 bits per heavy atom. The SMILES string of the molecule is C=C/C=C\C(=C/C)N1C(=O)/C(=C\[C@H]2C(=O)NC(=S)N(c3ccc(C)c(C)c3)C2=O)C(=O)N=C1SCC(=O)NC(c1ccccc1)c1ccccc1. The highest BCUT2D eigenvalue weighted by Crippen LogP contribution is 2.29. The number of hydrogen-bond acceptors (Lipinski definition) is 7. The lowest BCUT2D eigenvalue weighted by Crippen LogP contribution is -2.58. The molecule has 258 valence electrons. The number of hydrogen-bond donors (Lipinski definition) is 2. The van der Waals surface area contributed by atoms with Gasteiger partial charge in [0.15, 0.2) is 10.3 Å². The van der Waals surface area contributed by atoms with Crippen LogP contribution in [0.1, 0.15) is 35.2 Å². The topological polar surface area (TPSA) is 128 Å². The van der Waals surface area contributed by atoms with Crippen LogP contribution in [0, 0.1) is 19.8 Å². The summed E-state index contributed by atoms with van der Waals surface area (Å²) in [7, 11) is 0. The lowest BCUT2D eigenvalue weighted by molar-refractivity contribution is -0.131. The molecule has 0 unspecified atom stereocenters. The quantitative estimate of drug-likeness (QED) is 0.0919. The van der Waals surface area contributed by atoms with E-state index < -0.39 is 41.2 Å². The summed E-state index contributed by atoms with van der Waals surface area (Å²) >= 11 is 6.23. The summed E-state index contributed by atoms with van der Waals surface area (Å²) in [4.78, 5) is 74.5. The van der Waals surface area contributed by atoms with Crippen molar-refractivity contribution < 1.29 is 24.0 Å². The number of thiocarbonyl (C=S) groups is 1. The average molecular weight is 718 g/mol. The van der Waals surface area contributed by atoms with E-state index in [9.17, 15) is 24.0 Å². The number of aliphatic imine (C=N–C) groups is 1. The molecule has 1 saturated heterocycles. The molecule has 0 aromatic heterocycles. The molecular weight excluding hydrogens is 683 g/mol. The molecule has 2 aliphatic rings. The first-order chi connectivity index (χ1) is 24.5. The highest BCUT2D eigenvalue weighted by molar-refractivity contribution is 8.14. The van der Waals surface area contributed by atoms with Gasteiger partial charge >= 0.3 is 0 Å². The van der Waals surface area contributed by atoms with Crippen molar-refractivity contribution in [3.8, 4) is 0 Å². The largest absolute Gasteiger partial charge is 0.344 e. The Balaban J connectivity index is 1.44. The normalized spacial score (nSPS) is 17.7. The summed E-state index contributed by atoms with van der Waals surface area (Å²) < 4.78 is 0. The Morgan fingerprint density at radius 3 is 2.24 bits per heavy atom. The van der Waals surface area contributed by atoms with Gasteiger partial charge < -0.3 is 10.6 Å². The first-order valence-electron chi connectivity index (χ1n) is 16.0. The summed E-state index contributed by atoms with van der Waals surface area (Å²) in [6.45, 7) is 9.18. The Hall–Kier alpha value is -5.72. The monoisotopic (exact) mass is 717 g/mol. The molecule has 0 bridgehead atoms. The summed E-state index contributed by atoms with van der Waals surface area (Å²) in [5.74, 6) is -5.38. The molecule has 10 nitrogen and oxygen atoms in total. The molecule has 1 atom stereocenters. The minimum atomic E-state index is -1.55. The van der Waals surface area contributed by atoms with Gasteiger partial charge in [-0.3, -0.25) is 33.8 Å². The zero-order valence-corrected chi connectivity index (χ0v) is 29.8. The van der Waals surface area contributed by atoms with Crippen LogP contribution < -0.4 is 15.5 Å². The second-order valence-electron chi connectivity index (χ2n) is 11.6. The molecule has 0 radical (unpaired) electrons. The standard InChI is InChI=1S/C39H35N5O5S2/c1-5-7-18-28(6-2)44-37(49)31(22-30-34(46)41-38(50)43(36(30)48)29-20-19-24(3)25(4)21-29)35(47)42-39(44)51-23-32(45)40-33(26-14-10-8-11-15-26)27-16-12-9-13-17-27/h5-22,30,33H,1,23H2,2-4H3,(H,40,45)(H,41,46,50)/b18-7-,28-6+,31-22-/t30-/m0/s1. The van der Waals surface area contributed by atoms with Gasteiger partial charge in [-0.25, -0.2) is 0 Å². The van der Waals surface area contributed by atoms with E-state index in [2.05, 4.69) is 22.2 Å². The number of thioether (sulfide) groups is 1. The Bertz CT molecular complexity index is 2000. The fourth-order valence-electron chi connectivity index (χ4n) is 5.43. The third kappa shape index (κ3) is 8.19. The van der Waals surface area contributed by atoms with Gasteiger partial charge in [0, 0.05) is 5.70 Å². The third-order valence-corrected chi connectivity index (χ3v) is 9.42.